The zero-order chi connectivity index (χ0) is 24.3. The van der Waals surface area contributed by atoms with Crippen LogP contribution in [0.1, 0.15) is 26.3 Å². The number of rotatable bonds is 6. The van der Waals surface area contributed by atoms with E-state index < -0.39 is 0 Å². The van der Waals surface area contributed by atoms with Gasteiger partial charge >= 0.3 is 0 Å². The van der Waals surface area contributed by atoms with E-state index in [1.54, 1.807) is 25.3 Å². The van der Waals surface area contributed by atoms with Crippen molar-refractivity contribution in [2.75, 3.05) is 18.2 Å². The Kier molecular flexibility index (Phi) is 6.75. The summed E-state index contributed by atoms with van der Waals surface area (Å²) in [5, 5.41) is 3.88. The predicted molar refractivity (Wildman–Crippen MR) is 138 cm³/mol. The lowest BCUT2D eigenvalue weighted by Gasteiger charge is -2.19. The van der Waals surface area contributed by atoms with Crippen molar-refractivity contribution in [1.29, 1.82) is 0 Å². The Morgan fingerprint density at radius 1 is 1.03 bits per heavy atom. The molecule has 0 spiro atoms. The number of aromatic nitrogens is 2. The van der Waals surface area contributed by atoms with Gasteiger partial charge in [-0.05, 0) is 47.4 Å². The minimum atomic E-state index is -0.195. The van der Waals surface area contributed by atoms with Crippen LogP contribution in [0, 0.1) is 0 Å². The molecule has 0 atom stereocenters. The van der Waals surface area contributed by atoms with E-state index in [1.807, 2.05) is 54.6 Å². The highest BCUT2D eigenvalue weighted by molar-refractivity contribution is 7.99. The number of methoxy groups -OCH3 is 1. The lowest BCUT2D eigenvalue weighted by Crippen LogP contribution is -2.23. The third kappa shape index (κ3) is 5.15. The number of nitrogens with zero attached hydrogens (tertiary/aromatic N) is 2. The van der Waals surface area contributed by atoms with Crippen LogP contribution in [-0.2, 0) is 10.2 Å². The number of hydrogen-bond donors (Lipinski definition) is 1. The van der Waals surface area contributed by atoms with Crippen LogP contribution in [0.25, 0.3) is 16.6 Å². The number of ether oxygens (including phenoxy) is 1. The highest BCUT2D eigenvalue weighted by atomic mass is 32.2. The normalized spacial score (nSPS) is 11.4. The van der Waals surface area contributed by atoms with Gasteiger partial charge in [0.15, 0.2) is 5.16 Å². The summed E-state index contributed by atoms with van der Waals surface area (Å²) in [6.07, 6.45) is 0. The molecule has 1 N–H and O–H groups in total. The predicted octanol–water partition coefficient (Wildman–Crippen LogP) is 5.42. The van der Waals surface area contributed by atoms with Crippen molar-refractivity contribution in [2.45, 2.75) is 31.3 Å². The molecule has 4 rings (SSSR count). The van der Waals surface area contributed by atoms with E-state index in [2.05, 4.69) is 26.1 Å². The second-order valence-electron chi connectivity index (χ2n) is 8.92. The summed E-state index contributed by atoms with van der Waals surface area (Å²) in [6.45, 7) is 6.45. The van der Waals surface area contributed by atoms with Crippen LogP contribution in [0.5, 0.6) is 5.75 Å². The summed E-state index contributed by atoms with van der Waals surface area (Å²) in [5.74, 6) is 0.563. The van der Waals surface area contributed by atoms with E-state index in [0.29, 0.717) is 27.5 Å². The van der Waals surface area contributed by atoms with Gasteiger partial charge in [-0.2, -0.15) is 0 Å². The highest BCUT2D eigenvalue weighted by Gasteiger charge is 2.16. The van der Waals surface area contributed by atoms with Crippen LogP contribution < -0.4 is 15.6 Å². The topological polar surface area (TPSA) is 73.2 Å². The van der Waals surface area contributed by atoms with Crippen molar-refractivity contribution in [3.63, 3.8) is 0 Å². The minimum absolute atomic E-state index is 0.0456. The maximum Gasteiger partial charge on any atom is 0.266 e. The molecule has 6 nitrogen and oxygen atoms in total. The van der Waals surface area contributed by atoms with Crippen LogP contribution in [0.3, 0.4) is 0 Å². The second-order valence-corrected chi connectivity index (χ2v) is 9.86. The first-order valence-corrected chi connectivity index (χ1v) is 11.9. The first-order valence-electron chi connectivity index (χ1n) is 11.0. The molecule has 4 aromatic rings. The van der Waals surface area contributed by atoms with Crippen molar-refractivity contribution >= 4 is 34.3 Å². The lowest BCUT2D eigenvalue weighted by molar-refractivity contribution is -0.113. The number of para-hydroxylation sites is 1. The average molecular weight is 474 g/mol. The molecule has 0 aliphatic rings. The quantitative estimate of drug-likeness (QED) is 0.299. The lowest BCUT2D eigenvalue weighted by atomic mass is 9.87. The van der Waals surface area contributed by atoms with Crippen molar-refractivity contribution < 1.29 is 9.53 Å². The number of fused-ring (bicyclic) bond motifs is 1. The minimum Gasteiger partial charge on any atom is -0.497 e. The van der Waals surface area contributed by atoms with Gasteiger partial charge in [0.25, 0.3) is 5.56 Å². The smallest absolute Gasteiger partial charge is 0.266 e. The van der Waals surface area contributed by atoms with Crippen LogP contribution in [0.2, 0.25) is 0 Å². The van der Waals surface area contributed by atoms with Gasteiger partial charge in [0, 0.05) is 11.8 Å². The first kappa shape index (κ1) is 23.6. The maximum absolute atomic E-state index is 13.4. The molecule has 3 aromatic carbocycles. The third-order valence-corrected chi connectivity index (χ3v) is 6.36. The number of benzene rings is 3. The zero-order valence-corrected chi connectivity index (χ0v) is 20.5. The molecule has 1 aromatic heterocycles. The van der Waals surface area contributed by atoms with Crippen molar-refractivity contribution in [3.05, 3.63) is 88.7 Å². The fourth-order valence-corrected chi connectivity index (χ4v) is 4.38. The Bertz CT molecular complexity index is 1390. The van der Waals surface area contributed by atoms with Crippen LogP contribution in [0.15, 0.2) is 82.7 Å². The fraction of sp³-hybridized carbons (Fsp3) is 0.222. The third-order valence-electron chi connectivity index (χ3n) is 5.42. The Hall–Kier alpha value is -3.58. The van der Waals surface area contributed by atoms with Crippen molar-refractivity contribution in [1.82, 2.24) is 9.55 Å². The summed E-state index contributed by atoms with van der Waals surface area (Å²) in [4.78, 5) is 30.8. The van der Waals surface area contributed by atoms with Crippen LogP contribution in [-0.4, -0.2) is 28.3 Å². The molecule has 34 heavy (non-hydrogen) atoms. The molecular weight excluding hydrogens is 446 g/mol. The van der Waals surface area contributed by atoms with E-state index >= 15 is 0 Å². The molecule has 174 valence electrons. The average Bonchev–Trinajstić information content (AvgIpc) is 2.82. The molecule has 0 saturated heterocycles. The van der Waals surface area contributed by atoms with Crippen molar-refractivity contribution in [2.24, 2.45) is 0 Å². The van der Waals surface area contributed by atoms with E-state index in [0.717, 1.165) is 5.69 Å². The number of amides is 1. The number of carbonyl (C=O) groups is 1. The summed E-state index contributed by atoms with van der Waals surface area (Å²) < 4.78 is 6.86. The molecule has 0 unspecified atom stereocenters. The van der Waals surface area contributed by atoms with Gasteiger partial charge in [0.05, 0.1) is 29.5 Å². The summed E-state index contributed by atoms with van der Waals surface area (Å²) in [6, 6.07) is 22.3. The molecule has 0 radical (unpaired) electrons. The first-order chi connectivity index (χ1) is 16.3. The van der Waals surface area contributed by atoms with Gasteiger partial charge in [-0.1, -0.05) is 62.9 Å². The molecule has 0 aliphatic carbocycles. The van der Waals surface area contributed by atoms with Gasteiger partial charge in [-0.15, -0.1) is 0 Å². The van der Waals surface area contributed by atoms with Gasteiger partial charge < -0.3 is 10.1 Å². The van der Waals surface area contributed by atoms with Gasteiger partial charge in [0.2, 0.25) is 5.91 Å². The molecule has 0 bridgehead atoms. The van der Waals surface area contributed by atoms with E-state index in [-0.39, 0.29) is 22.6 Å². The number of nitrogens with one attached hydrogen (secondary N) is 1. The highest BCUT2D eigenvalue weighted by Crippen LogP contribution is 2.25. The molecule has 0 aliphatic heterocycles. The molecule has 0 saturated carbocycles. The Morgan fingerprint density at radius 2 is 1.76 bits per heavy atom. The van der Waals surface area contributed by atoms with Gasteiger partial charge in [-0.3, -0.25) is 14.2 Å². The van der Waals surface area contributed by atoms with Gasteiger partial charge in [-0.25, -0.2) is 4.98 Å². The SMILES string of the molecule is COc1cccc(-n2c(SCC(=O)Nc3ccc(C(C)(C)C)cc3)nc3ccccc3c2=O)c1. The maximum atomic E-state index is 13.4. The number of thioether (sulfide) groups is 1. The Morgan fingerprint density at radius 3 is 2.47 bits per heavy atom. The largest absolute Gasteiger partial charge is 0.497 e. The Labute approximate surface area is 203 Å². The number of anilines is 1. The number of carbonyl (C=O) groups excluding carboxylic acids is 1. The van der Waals surface area contributed by atoms with E-state index in [9.17, 15) is 9.59 Å². The molecule has 0 fully saturated rings. The monoisotopic (exact) mass is 473 g/mol. The number of hydrogen-bond acceptors (Lipinski definition) is 5. The fourth-order valence-electron chi connectivity index (χ4n) is 3.57. The van der Waals surface area contributed by atoms with E-state index in [1.165, 1.54) is 21.9 Å². The molecule has 7 heteroatoms. The summed E-state index contributed by atoms with van der Waals surface area (Å²) in [7, 11) is 1.58. The second kappa shape index (κ2) is 9.73. The standard InChI is InChI=1S/C27H27N3O3S/c1-27(2,3)18-12-14-19(15-13-18)28-24(31)17-34-26-29-23-11-6-5-10-22(23)25(32)30(26)20-8-7-9-21(16-20)33-4/h5-16H,17H2,1-4H3,(H,28,31). The summed E-state index contributed by atoms with van der Waals surface area (Å²) in [5.41, 5.74) is 3.00. The zero-order valence-electron chi connectivity index (χ0n) is 19.7. The molecular formula is C27H27N3O3S. The van der Waals surface area contributed by atoms with E-state index in [4.69, 9.17) is 9.72 Å². The van der Waals surface area contributed by atoms with Gasteiger partial charge in [0.1, 0.15) is 5.75 Å². The molecule has 1 heterocycles. The molecule has 1 amide bonds. The Balaban J connectivity index is 1.61. The van der Waals surface area contributed by atoms with Crippen LogP contribution in [0.4, 0.5) is 5.69 Å². The van der Waals surface area contributed by atoms with Crippen molar-refractivity contribution in [3.8, 4) is 11.4 Å². The van der Waals surface area contributed by atoms with Crippen LogP contribution >= 0.6 is 11.8 Å². The summed E-state index contributed by atoms with van der Waals surface area (Å²) >= 11 is 1.22.